The third kappa shape index (κ3) is 2.89. The first-order valence-corrected chi connectivity index (χ1v) is 6.64. The Kier molecular flexibility index (Phi) is 3.21. The second-order valence-corrected chi connectivity index (χ2v) is 6.71. The van der Waals surface area contributed by atoms with Crippen LogP contribution in [0.2, 0.25) is 0 Å². The van der Waals surface area contributed by atoms with E-state index in [1.807, 2.05) is 0 Å². The van der Waals surface area contributed by atoms with Crippen molar-refractivity contribution in [2.75, 3.05) is 0 Å². The van der Waals surface area contributed by atoms with Gasteiger partial charge in [0.05, 0.1) is 0 Å². The summed E-state index contributed by atoms with van der Waals surface area (Å²) in [7, 11) is 0.620. The largest absolute Gasteiger partial charge is 0.451 e. The van der Waals surface area contributed by atoms with Crippen LogP contribution >= 0.6 is 10.7 Å². The van der Waals surface area contributed by atoms with E-state index >= 15 is 0 Å². The van der Waals surface area contributed by atoms with Gasteiger partial charge in [-0.25, -0.2) is 8.42 Å². The van der Waals surface area contributed by atoms with Gasteiger partial charge in [-0.2, -0.15) is 13.2 Å². The van der Waals surface area contributed by atoms with Crippen LogP contribution in [0.3, 0.4) is 0 Å². The summed E-state index contributed by atoms with van der Waals surface area (Å²) >= 11 is 0. The van der Waals surface area contributed by atoms with Crippen molar-refractivity contribution >= 4 is 19.7 Å². The number of alkyl halides is 3. The number of nitrogens with zero attached hydrogens (tertiary/aromatic N) is 3. The van der Waals surface area contributed by atoms with Crippen LogP contribution in [-0.2, 0) is 20.8 Å². The molecule has 98 valence electrons. The molecule has 0 amide bonds. The molecule has 1 heterocycles. The van der Waals surface area contributed by atoms with E-state index in [1.165, 1.54) is 20.8 Å². The lowest BCUT2D eigenvalue weighted by molar-refractivity contribution is -0.149. The van der Waals surface area contributed by atoms with E-state index in [1.54, 1.807) is 0 Å². The van der Waals surface area contributed by atoms with Crippen LogP contribution in [0.15, 0.2) is 5.16 Å². The third-order valence-electron chi connectivity index (χ3n) is 1.78. The SMILES string of the molecule is CC(C)(C)n1c(C(F)(F)F)nnc1S(=O)(=O)Cl. The molecule has 0 saturated heterocycles. The minimum Gasteiger partial charge on any atom is -0.288 e. The minimum absolute atomic E-state index is 0.454. The Balaban J connectivity index is 3.65. The summed E-state index contributed by atoms with van der Waals surface area (Å²) in [5.41, 5.74) is -1.17. The quantitative estimate of drug-likeness (QED) is 0.742. The molecule has 0 fully saturated rings. The Morgan fingerprint density at radius 3 is 1.94 bits per heavy atom. The van der Waals surface area contributed by atoms with Gasteiger partial charge in [-0.15, -0.1) is 10.2 Å². The molecular formula is C7H9ClF3N3O2S. The second-order valence-electron chi connectivity index (χ2n) is 4.25. The fraction of sp³-hybridized carbons (Fsp3) is 0.714. The Bertz CT molecular complexity index is 530. The molecule has 0 unspecified atom stereocenters. The van der Waals surface area contributed by atoms with Crippen LogP contribution in [0.5, 0.6) is 0 Å². The maximum absolute atomic E-state index is 12.6. The van der Waals surface area contributed by atoms with E-state index < -0.39 is 31.7 Å². The summed E-state index contributed by atoms with van der Waals surface area (Å²) in [5, 5.41) is 4.92. The molecule has 0 aliphatic carbocycles. The van der Waals surface area contributed by atoms with Gasteiger partial charge in [-0.3, -0.25) is 4.57 Å². The molecule has 0 atom stereocenters. The molecule has 0 aliphatic rings. The highest BCUT2D eigenvalue weighted by Gasteiger charge is 2.43. The minimum atomic E-state index is -4.81. The van der Waals surface area contributed by atoms with Gasteiger partial charge in [0, 0.05) is 16.2 Å². The first kappa shape index (κ1) is 14.2. The zero-order valence-electron chi connectivity index (χ0n) is 9.08. The molecule has 0 radical (unpaired) electrons. The standard InChI is InChI=1S/C7H9ClF3N3O2S/c1-6(2,3)14-4(7(9,10)11)12-13-5(14)17(8,15)16/h1-3H3. The van der Waals surface area contributed by atoms with E-state index in [9.17, 15) is 21.6 Å². The average molecular weight is 292 g/mol. The molecule has 0 bridgehead atoms. The smallest absolute Gasteiger partial charge is 0.288 e. The maximum atomic E-state index is 12.6. The molecule has 17 heavy (non-hydrogen) atoms. The van der Waals surface area contributed by atoms with Gasteiger partial charge in [-0.1, -0.05) is 0 Å². The number of hydrogen-bond acceptors (Lipinski definition) is 4. The van der Waals surface area contributed by atoms with Gasteiger partial charge in [0.15, 0.2) is 0 Å². The van der Waals surface area contributed by atoms with Crippen LogP contribution < -0.4 is 0 Å². The van der Waals surface area contributed by atoms with Gasteiger partial charge in [0.25, 0.3) is 14.2 Å². The van der Waals surface area contributed by atoms with Crippen molar-refractivity contribution in [1.29, 1.82) is 0 Å². The van der Waals surface area contributed by atoms with Crippen LogP contribution in [0.1, 0.15) is 26.6 Å². The molecule has 0 aromatic carbocycles. The Labute approximate surface area is 100 Å². The van der Waals surface area contributed by atoms with Gasteiger partial charge in [-0.05, 0) is 20.8 Å². The second kappa shape index (κ2) is 3.84. The Hall–Kier alpha value is -0.830. The first-order chi connectivity index (χ1) is 7.35. The van der Waals surface area contributed by atoms with E-state index in [4.69, 9.17) is 10.7 Å². The van der Waals surface area contributed by atoms with Gasteiger partial charge in [0.1, 0.15) is 0 Å². The third-order valence-corrected chi connectivity index (χ3v) is 2.89. The van der Waals surface area contributed by atoms with E-state index in [0.717, 1.165) is 0 Å². The monoisotopic (exact) mass is 291 g/mol. The summed E-state index contributed by atoms with van der Waals surface area (Å²) in [6, 6.07) is 0. The first-order valence-electron chi connectivity index (χ1n) is 4.33. The number of hydrogen-bond donors (Lipinski definition) is 0. The molecule has 10 heteroatoms. The van der Waals surface area contributed by atoms with E-state index in [-0.39, 0.29) is 0 Å². The average Bonchev–Trinajstić information content (AvgIpc) is 2.42. The summed E-state index contributed by atoms with van der Waals surface area (Å²) in [6.07, 6.45) is -4.81. The molecule has 5 nitrogen and oxygen atoms in total. The Morgan fingerprint density at radius 1 is 1.18 bits per heavy atom. The number of aromatic nitrogens is 3. The zero-order valence-corrected chi connectivity index (χ0v) is 10.7. The fourth-order valence-corrected chi connectivity index (χ4v) is 2.23. The highest BCUT2D eigenvalue weighted by molar-refractivity contribution is 8.13. The Morgan fingerprint density at radius 2 is 1.65 bits per heavy atom. The topological polar surface area (TPSA) is 64.8 Å². The summed E-state index contributed by atoms with van der Waals surface area (Å²) in [4.78, 5) is 0. The predicted octanol–water partition coefficient (Wildman–Crippen LogP) is 1.98. The summed E-state index contributed by atoms with van der Waals surface area (Å²) in [5.74, 6) is -1.40. The van der Waals surface area contributed by atoms with Crippen molar-refractivity contribution < 1.29 is 21.6 Å². The molecule has 0 spiro atoms. The summed E-state index contributed by atoms with van der Waals surface area (Å²) in [6.45, 7) is 4.16. The van der Waals surface area contributed by atoms with E-state index in [2.05, 4.69) is 10.2 Å². The van der Waals surface area contributed by atoms with Crippen molar-refractivity contribution in [3.63, 3.8) is 0 Å². The van der Waals surface area contributed by atoms with Crippen LogP contribution in [0.25, 0.3) is 0 Å². The van der Waals surface area contributed by atoms with Crippen molar-refractivity contribution in [3.05, 3.63) is 5.82 Å². The normalized spacial score (nSPS) is 14.1. The lowest BCUT2D eigenvalue weighted by atomic mass is 10.1. The number of halogens is 4. The molecule has 0 aliphatic heterocycles. The molecule has 1 aromatic heterocycles. The molecule has 1 aromatic rings. The fourth-order valence-electron chi connectivity index (χ4n) is 1.22. The van der Waals surface area contributed by atoms with Crippen molar-refractivity contribution in [2.45, 2.75) is 37.6 Å². The maximum Gasteiger partial charge on any atom is 0.451 e. The zero-order chi connectivity index (χ0) is 13.6. The summed E-state index contributed by atoms with van der Waals surface area (Å²) < 4.78 is 60.5. The van der Waals surface area contributed by atoms with Crippen LogP contribution in [-0.4, -0.2) is 23.2 Å². The molecule has 1 rings (SSSR count). The van der Waals surface area contributed by atoms with Crippen molar-refractivity contribution in [1.82, 2.24) is 14.8 Å². The predicted molar refractivity (Wildman–Crippen MR) is 53.1 cm³/mol. The van der Waals surface area contributed by atoms with Crippen LogP contribution in [0.4, 0.5) is 13.2 Å². The highest BCUT2D eigenvalue weighted by atomic mass is 35.7. The van der Waals surface area contributed by atoms with Gasteiger partial charge >= 0.3 is 6.18 Å². The van der Waals surface area contributed by atoms with E-state index in [0.29, 0.717) is 4.57 Å². The van der Waals surface area contributed by atoms with Gasteiger partial charge in [0.2, 0.25) is 5.82 Å². The van der Waals surface area contributed by atoms with Crippen LogP contribution in [0, 0.1) is 0 Å². The highest BCUT2D eigenvalue weighted by Crippen LogP contribution is 2.33. The van der Waals surface area contributed by atoms with Crippen molar-refractivity contribution in [2.24, 2.45) is 0 Å². The lowest BCUT2D eigenvalue weighted by Gasteiger charge is -2.24. The molecule has 0 saturated carbocycles. The molecule has 0 N–H and O–H groups in total. The lowest BCUT2D eigenvalue weighted by Crippen LogP contribution is -2.30. The number of rotatable bonds is 1. The van der Waals surface area contributed by atoms with Gasteiger partial charge < -0.3 is 0 Å². The van der Waals surface area contributed by atoms with Crippen molar-refractivity contribution in [3.8, 4) is 0 Å². The molecular weight excluding hydrogens is 283 g/mol.